The molecule has 0 radical (unpaired) electrons. The number of fused-ring (bicyclic) bond motifs is 3. The van der Waals surface area contributed by atoms with Crippen LogP contribution in [0, 0.1) is 0 Å². The fourth-order valence-electron chi connectivity index (χ4n) is 5.67. The maximum atomic E-state index is 13.0. The van der Waals surface area contributed by atoms with Gasteiger partial charge in [-0.25, -0.2) is 19.2 Å². The Morgan fingerprint density at radius 3 is 1.83 bits per heavy atom. The lowest BCUT2D eigenvalue weighted by atomic mass is 9.98. The molecule has 7 amide bonds. The summed E-state index contributed by atoms with van der Waals surface area (Å²) in [6, 6.07) is 20.5. The zero-order valence-electron chi connectivity index (χ0n) is 34.4. The maximum absolute atomic E-state index is 13.0. The van der Waals surface area contributed by atoms with Gasteiger partial charge in [0.2, 0.25) is 11.8 Å². The van der Waals surface area contributed by atoms with Crippen LogP contribution < -0.4 is 43.4 Å². The summed E-state index contributed by atoms with van der Waals surface area (Å²) in [5.74, 6) is -1.44. The molecule has 1 aliphatic rings. The lowest BCUT2D eigenvalue weighted by Gasteiger charge is -2.19. The second-order valence-electron chi connectivity index (χ2n) is 13.8. The summed E-state index contributed by atoms with van der Waals surface area (Å²) < 4.78 is 10.9. The molecule has 3 aromatic carbocycles. The molecular weight excluding hydrogens is 745 g/mol. The summed E-state index contributed by atoms with van der Waals surface area (Å²) in [6.07, 6.45) is 1.11. The Hall–Kier alpha value is -6.16. The first-order valence-corrected chi connectivity index (χ1v) is 19.5. The number of benzene rings is 3. The highest BCUT2D eigenvalue weighted by Crippen LogP contribution is 2.44. The van der Waals surface area contributed by atoms with Gasteiger partial charge < -0.3 is 52.8 Å². The molecule has 0 saturated heterocycles. The Morgan fingerprint density at radius 1 is 0.724 bits per heavy atom. The van der Waals surface area contributed by atoms with Crippen LogP contribution in [-0.2, 0) is 19.1 Å². The third kappa shape index (κ3) is 17.3. The van der Waals surface area contributed by atoms with E-state index in [1.165, 1.54) is 0 Å². The topological polar surface area (TPSA) is 245 Å². The van der Waals surface area contributed by atoms with Crippen molar-refractivity contribution >= 4 is 41.6 Å². The van der Waals surface area contributed by atoms with Crippen molar-refractivity contribution in [2.45, 2.75) is 78.4 Å². The summed E-state index contributed by atoms with van der Waals surface area (Å²) in [5, 5.41) is 16.0. The van der Waals surface area contributed by atoms with Gasteiger partial charge in [-0.1, -0.05) is 69.3 Å². The van der Waals surface area contributed by atoms with Crippen molar-refractivity contribution in [2.24, 2.45) is 11.5 Å². The number of alkyl carbamates (subject to hydrolysis) is 1. The van der Waals surface area contributed by atoms with Crippen molar-refractivity contribution in [3.8, 4) is 11.1 Å². The fraction of sp³-hybridized carbons (Fsp3) is 0.429. The molecule has 4 rings (SSSR count). The Kier molecular flexibility index (Phi) is 20.8. The minimum Gasteiger partial charge on any atom is -0.456 e. The minimum atomic E-state index is -0.722. The van der Waals surface area contributed by atoms with Crippen LogP contribution in [0.3, 0.4) is 0 Å². The van der Waals surface area contributed by atoms with E-state index in [-0.39, 0.29) is 38.7 Å². The first-order chi connectivity index (χ1) is 27.7. The quantitative estimate of drug-likeness (QED) is 0.0693. The number of ether oxygens (including phenoxy) is 2. The lowest BCUT2D eigenvalue weighted by molar-refractivity contribution is -0.125. The molecule has 58 heavy (non-hydrogen) atoms. The molecule has 3 aromatic rings. The molecule has 1 aliphatic carbocycles. The van der Waals surface area contributed by atoms with Crippen molar-refractivity contribution in [2.75, 3.05) is 44.6 Å². The van der Waals surface area contributed by atoms with Crippen LogP contribution in [-0.4, -0.2) is 86.9 Å². The number of primary amides is 2. The zero-order valence-corrected chi connectivity index (χ0v) is 34.4. The van der Waals surface area contributed by atoms with E-state index in [0.717, 1.165) is 28.7 Å². The second-order valence-corrected chi connectivity index (χ2v) is 13.8. The average molecular weight is 805 g/mol. The Morgan fingerprint density at radius 2 is 1.29 bits per heavy atom. The van der Waals surface area contributed by atoms with Crippen LogP contribution in [0.5, 0.6) is 0 Å². The first kappa shape index (κ1) is 48.0. The van der Waals surface area contributed by atoms with Gasteiger partial charge in [-0.15, -0.1) is 0 Å². The largest absolute Gasteiger partial charge is 0.456 e. The van der Waals surface area contributed by atoms with E-state index in [9.17, 15) is 28.8 Å². The van der Waals surface area contributed by atoms with Gasteiger partial charge in [-0.05, 0) is 86.6 Å². The predicted octanol–water partition coefficient (Wildman–Crippen LogP) is 4.73. The van der Waals surface area contributed by atoms with Gasteiger partial charge in [0.1, 0.15) is 12.2 Å². The Labute approximate surface area is 340 Å². The van der Waals surface area contributed by atoms with Gasteiger partial charge in [0.15, 0.2) is 0 Å². The van der Waals surface area contributed by atoms with Crippen LogP contribution in [0.15, 0.2) is 72.8 Å². The minimum absolute atomic E-state index is 0.0628. The van der Waals surface area contributed by atoms with Crippen molar-refractivity contribution in [1.29, 1.82) is 0 Å². The second kappa shape index (κ2) is 25.2. The van der Waals surface area contributed by atoms with E-state index < -0.39 is 47.6 Å². The van der Waals surface area contributed by atoms with E-state index >= 15 is 0 Å². The van der Waals surface area contributed by atoms with Gasteiger partial charge in [-0.2, -0.15) is 0 Å². The molecule has 0 aromatic heterocycles. The molecule has 0 aliphatic heterocycles. The van der Waals surface area contributed by atoms with Crippen molar-refractivity contribution in [3.63, 3.8) is 0 Å². The first-order valence-electron chi connectivity index (χ1n) is 19.5. The molecule has 0 fully saturated rings. The molecule has 0 heterocycles. The maximum Gasteiger partial charge on any atom is 0.407 e. The number of hydrogen-bond acceptors (Lipinski definition) is 9. The number of anilines is 1. The number of nitrogens with one attached hydrogen (secondary N) is 6. The van der Waals surface area contributed by atoms with Gasteiger partial charge in [0.25, 0.3) is 0 Å². The number of urea groups is 2. The number of nitrogens with two attached hydrogens (primary N) is 2. The number of amides is 7. The third-order valence-electron chi connectivity index (χ3n) is 8.19. The van der Waals surface area contributed by atoms with Gasteiger partial charge in [0.05, 0.1) is 18.2 Å². The fourth-order valence-corrected chi connectivity index (χ4v) is 5.67. The zero-order chi connectivity index (χ0) is 43.1. The Balaban J connectivity index is 0.00000116. The highest BCUT2D eigenvalue weighted by molar-refractivity contribution is 5.96. The molecule has 1 atom stereocenters. The Bertz CT molecular complexity index is 1750. The van der Waals surface area contributed by atoms with Gasteiger partial charge in [0, 0.05) is 37.8 Å². The van der Waals surface area contributed by atoms with Gasteiger partial charge >= 0.3 is 24.1 Å². The molecule has 0 spiro atoms. The molecule has 16 heteroatoms. The van der Waals surface area contributed by atoms with Crippen molar-refractivity contribution in [1.82, 2.24) is 26.6 Å². The van der Waals surface area contributed by atoms with E-state index in [2.05, 4.69) is 44.0 Å². The van der Waals surface area contributed by atoms with E-state index in [1.54, 1.807) is 45.0 Å². The van der Waals surface area contributed by atoms with Crippen LogP contribution in [0.4, 0.5) is 20.1 Å². The average Bonchev–Trinajstić information content (AvgIpc) is 3.51. The van der Waals surface area contributed by atoms with Crippen LogP contribution in [0.25, 0.3) is 11.1 Å². The summed E-state index contributed by atoms with van der Waals surface area (Å²) in [6.45, 7) is 12.5. The van der Waals surface area contributed by atoms with Crippen LogP contribution >= 0.6 is 0 Å². The third-order valence-corrected chi connectivity index (χ3v) is 8.19. The summed E-state index contributed by atoms with van der Waals surface area (Å²) >= 11 is 0. The van der Waals surface area contributed by atoms with Gasteiger partial charge in [-0.3, -0.25) is 9.59 Å². The summed E-state index contributed by atoms with van der Waals surface area (Å²) in [5.41, 5.74) is 14.5. The number of carbonyl (C=O) groups excluding carboxylic acids is 6. The highest BCUT2D eigenvalue weighted by Gasteiger charge is 2.29. The molecule has 10 N–H and O–H groups in total. The van der Waals surface area contributed by atoms with Crippen molar-refractivity contribution < 1.29 is 38.2 Å². The lowest BCUT2D eigenvalue weighted by Crippen LogP contribution is -2.48. The molecule has 0 saturated carbocycles. The number of hydrogen-bond donors (Lipinski definition) is 8. The standard InChI is InChI=1S/C36H44N6O7.C4H10N2O.C2H6/c1-36(2,3)49-33(45)23-14-16-24(17-15-23)42-31(43)21-41-32(44)30(13-8-18-39-34(37)46)38-19-20-40-35(47)48-22-29-27-11-6-4-9-25(27)26-10-5-7-12-28(26)29;1-2-3-6-4(5)7;1-2/h4-7,9-12,14-17,29-30,38H,8,13,18-22H2,1-3H3,(H,40,47)(H,41,44)(H,42,43)(H3,37,39,46);2-3H2,1H3,(H3,5,6,7);1-2H3/t30-;;/m0../s1. The van der Waals surface area contributed by atoms with Crippen LogP contribution in [0.1, 0.15) is 88.2 Å². The number of rotatable bonds is 17. The monoisotopic (exact) mass is 804 g/mol. The molecule has 0 unspecified atom stereocenters. The van der Waals surface area contributed by atoms with E-state index in [0.29, 0.717) is 30.6 Å². The molecular formula is C42H60N8O8. The van der Waals surface area contributed by atoms with E-state index in [1.807, 2.05) is 57.2 Å². The predicted molar refractivity (Wildman–Crippen MR) is 224 cm³/mol. The van der Waals surface area contributed by atoms with Crippen molar-refractivity contribution in [3.05, 3.63) is 89.5 Å². The molecule has 0 bridgehead atoms. The van der Waals surface area contributed by atoms with Crippen LogP contribution in [0.2, 0.25) is 0 Å². The normalized spacial score (nSPS) is 11.7. The van der Waals surface area contributed by atoms with E-state index in [4.69, 9.17) is 20.9 Å². The summed E-state index contributed by atoms with van der Waals surface area (Å²) in [7, 11) is 0. The number of esters is 1. The smallest absolute Gasteiger partial charge is 0.407 e. The molecule has 316 valence electrons. The molecule has 16 nitrogen and oxygen atoms in total. The highest BCUT2D eigenvalue weighted by atomic mass is 16.6. The SMILES string of the molecule is CC.CC(C)(C)OC(=O)c1ccc(NC(=O)CNC(=O)[C@H](CCCNC(N)=O)NCCNC(=O)OCC2c3ccccc3-c3ccccc32)cc1.CCCNC(N)=O. The number of carbonyl (C=O) groups is 6. The summed E-state index contributed by atoms with van der Waals surface area (Å²) in [4.78, 5) is 71.3.